The predicted molar refractivity (Wildman–Crippen MR) is 163 cm³/mol. The number of likely N-dealkylation sites (tertiary alicyclic amines) is 2. The van der Waals surface area contributed by atoms with Crippen molar-refractivity contribution in [2.45, 2.75) is 63.3 Å². The van der Waals surface area contributed by atoms with Gasteiger partial charge in [0.25, 0.3) is 5.91 Å². The first-order chi connectivity index (χ1) is 20.9. The first-order valence-electron chi connectivity index (χ1n) is 15.2. The molecular formula is C35H40F3N3O3. The van der Waals surface area contributed by atoms with E-state index >= 15 is 0 Å². The number of carbonyl (C=O) groups excluding carboxylic acids is 2. The van der Waals surface area contributed by atoms with Gasteiger partial charge in [-0.2, -0.15) is 13.2 Å². The Bertz CT molecular complexity index is 1460. The molecule has 44 heavy (non-hydrogen) atoms. The molecule has 4 atom stereocenters. The highest BCUT2D eigenvalue weighted by molar-refractivity contribution is 5.94. The number of primary amides is 1. The summed E-state index contributed by atoms with van der Waals surface area (Å²) in [6, 6.07) is 21.8. The van der Waals surface area contributed by atoms with Gasteiger partial charge in [0.05, 0.1) is 17.1 Å². The quantitative estimate of drug-likeness (QED) is 0.328. The average molecular weight is 608 g/mol. The van der Waals surface area contributed by atoms with Crippen molar-refractivity contribution in [2.24, 2.45) is 11.7 Å². The van der Waals surface area contributed by atoms with Crippen molar-refractivity contribution < 1.29 is 27.5 Å². The molecule has 0 bridgehead atoms. The number of nitrogens with zero attached hydrogens (tertiary/aromatic N) is 2. The van der Waals surface area contributed by atoms with Gasteiger partial charge in [0.15, 0.2) is 0 Å². The van der Waals surface area contributed by atoms with Crippen molar-refractivity contribution in [3.63, 3.8) is 0 Å². The maximum Gasteiger partial charge on any atom is 0.416 e. The van der Waals surface area contributed by atoms with Crippen LogP contribution in [0.3, 0.4) is 0 Å². The minimum Gasteiger partial charge on any atom is -0.491 e. The van der Waals surface area contributed by atoms with E-state index in [-0.39, 0.29) is 24.0 Å². The second-order valence-corrected chi connectivity index (χ2v) is 12.4. The Morgan fingerprint density at radius 1 is 0.932 bits per heavy atom. The molecule has 2 N–H and O–H groups in total. The number of nitrogens with two attached hydrogens (primary N) is 1. The van der Waals surface area contributed by atoms with E-state index in [0.29, 0.717) is 49.5 Å². The minimum absolute atomic E-state index is 0.00325. The summed E-state index contributed by atoms with van der Waals surface area (Å²) < 4.78 is 46.0. The predicted octanol–water partition coefficient (Wildman–Crippen LogP) is 6.26. The Morgan fingerprint density at radius 2 is 1.64 bits per heavy atom. The van der Waals surface area contributed by atoms with Crippen molar-refractivity contribution in [1.29, 1.82) is 0 Å². The monoisotopic (exact) mass is 607 g/mol. The van der Waals surface area contributed by atoms with Crippen LogP contribution < -0.4 is 10.5 Å². The Balaban J connectivity index is 1.38. The third-order valence-electron chi connectivity index (χ3n) is 9.40. The van der Waals surface area contributed by atoms with E-state index in [0.717, 1.165) is 24.1 Å². The molecule has 6 nitrogen and oxygen atoms in total. The molecule has 2 amide bonds. The van der Waals surface area contributed by atoms with E-state index in [4.69, 9.17) is 10.5 Å². The number of alkyl halides is 3. The third kappa shape index (κ3) is 6.34. The van der Waals surface area contributed by atoms with Crippen molar-refractivity contribution in [3.05, 3.63) is 101 Å². The van der Waals surface area contributed by atoms with Gasteiger partial charge in [0, 0.05) is 37.2 Å². The number of ether oxygens (including phenoxy) is 1. The van der Waals surface area contributed by atoms with Gasteiger partial charge in [-0.3, -0.25) is 14.5 Å². The lowest BCUT2D eigenvalue weighted by molar-refractivity contribution is -0.137. The van der Waals surface area contributed by atoms with Gasteiger partial charge < -0.3 is 15.4 Å². The summed E-state index contributed by atoms with van der Waals surface area (Å²) in [5.74, 6) is -0.119. The molecule has 4 unspecified atom stereocenters. The van der Waals surface area contributed by atoms with Crippen molar-refractivity contribution in [1.82, 2.24) is 9.80 Å². The molecule has 9 heteroatoms. The molecule has 5 rings (SSSR count). The molecule has 2 aliphatic heterocycles. The summed E-state index contributed by atoms with van der Waals surface area (Å²) in [5.41, 5.74) is 6.36. The molecule has 0 saturated carbocycles. The molecule has 234 valence electrons. The topological polar surface area (TPSA) is 75.9 Å². The van der Waals surface area contributed by atoms with E-state index in [1.807, 2.05) is 61.2 Å². The average Bonchev–Trinajstić information content (AvgIpc) is 3.50. The van der Waals surface area contributed by atoms with Crippen LogP contribution in [-0.2, 0) is 16.4 Å². The minimum atomic E-state index is -4.46. The number of rotatable bonds is 8. The molecule has 2 heterocycles. The van der Waals surface area contributed by atoms with Crippen LogP contribution in [0.2, 0.25) is 0 Å². The largest absolute Gasteiger partial charge is 0.491 e. The Kier molecular flexibility index (Phi) is 9.07. The highest BCUT2D eigenvalue weighted by Gasteiger charge is 2.51. The zero-order chi connectivity index (χ0) is 31.6. The fourth-order valence-corrected chi connectivity index (χ4v) is 6.98. The van der Waals surface area contributed by atoms with Crippen molar-refractivity contribution in [2.75, 3.05) is 26.2 Å². The number of hydrogen-bond donors (Lipinski definition) is 1. The zero-order valence-electron chi connectivity index (χ0n) is 25.4. The second-order valence-electron chi connectivity index (χ2n) is 12.4. The van der Waals surface area contributed by atoms with Crippen LogP contribution in [0, 0.1) is 5.92 Å². The lowest BCUT2D eigenvalue weighted by Gasteiger charge is -2.49. The summed E-state index contributed by atoms with van der Waals surface area (Å²) >= 11 is 0. The van der Waals surface area contributed by atoms with E-state index in [1.165, 1.54) is 12.1 Å². The van der Waals surface area contributed by atoms with Crippen LogP contribution in [-0.4, -0.2) is 59.9 Å². The van der Waals surface area contributed by atoms with Gasteiger partial charge >= 0.3 is 6.18 Å². The lowest BCUT2D eigenvalue weighted by Crippen LogP contribution is -2.57. The Hall–Kier alpha value is -3.85. The molecule has 2 fully saturated rings. The van der Waals surface area contributed by atoms with Crippen LogP contribution in [0.25, 0.3) is 0 Å². The standard InChI is InChI=1S/C35H40F3N3O3/c1-23(2)44-30-11-7-8-26(20-30)32(42)41-18-16-27(21-41)24(3)40-19-17-34(33(39)43,28-9-5-4-6-10-28)31(22-40)25-12-14-29(15-13-25)35(36,37)38/h4-15,20,23-24,27,31H,16-19,21-22H2,1-3H3,(H2,39,43). The number of benzene rings is 3. The summed E-state index contributed by atoms with van der Waals surface area (Å²) in [6.07, 6.45) is -3.19. The molecule has 0 aromatic heterocycles. The van der Waals surface area contributed by atoms with Gasteiger partial charge in [-0.1, -0.05) is 48.5 Å². The Labute approximate surface area is 257 Å². The number of carbonyl (C=O) groups is 2. The normalized spacial score (nSPS) is 23.5. The molecule has 0 aliphatic carbocycles. The molecule has 0 radical (unpaired) electrons. The number of halogens is 3. The fraction of sp³-hybridized carbons (Fsp3) is 0.429. The van der Waals surface area contributed by atoms with Crippen molar-refractivity contribution in [3.8, 4) is 5.75 Å². The van der Waals surface area contributed by atoms with Crippen LogP contribution in [0.4, 0.5) is 13.2 Å². The molecule has 3 aromatic rings. The van der Waals surface area contributed by atoms with Crippen LogP contribution in [0.15, 0.2) is 78.9 Å². The lowest BCUT2D eigenvalue weighted by atomic mass is 9.62. The third-order valence-corrected chi connectivity index (χ3v) is 9.40. The van der Waals surface area contributed by atoms with Gasteiger partial charge in [-0.05, 0) is 87.5 Å². The molecular weight excluding hydrogens is 567 g/mol. The number of amides is 2. The summed E-state index contributed by atoms with van der Waals surface area (Å²) in [4.78, 5) is 30.9. The Morgan fingerprint density at radius 3 is 2.27 bits per heavy atom. The maximum atomic E-state index is 13.4. The zero-order valence-corrected chi connectivity index (χ0v) is 25.4. The first kappa shape index (κ1) is 31.6. The van der Waals surface area contributed by atoms with E-state index < -0.39 is 29.0 Å². The highest BCUT2D eigenvalue weighted by atomic mass is 19.4. The van der Waals surface area contributed by atoms with Gasteiger partial charge in [-0.15, -0.1) is 0 Å². The van der Waals surface area contributed by atoms with E-state index in [1.54, 1.807) is 12.1 Å². The summed E-state index contributed by atoms with van der Waals surface area (Å²) in [6.45, 7) is 8.29. The van der Waals surface area contributed by atoms with Crippen LogP contribution in [0.1, 0.15) is 66.6 Å². The van der Waals surface area contributed by atoms with Gasteiger partial charge in [0.2, 0.25) is 5.91 Å². The smallest absolute Gasteiger partial charge is 0.416 e. The highest BCUT2D eigenvalue weighted by Crippen LogP contribution is 2.47. The van der Waals surface area contributed by atoms with E-state index in [2.05, 4.69) is 11.8 Å². The molecule has 2 saturated heterocycles. The SMILES string of the molecule is CC(C)Oc1cccc(C(=O)N2CCC(C(C)N3CCC(C(N)=O)(c4ccccc4)C(c4ccc(C(F)(F)F)cc4)C3)C2)c1. The summed E-state index contributed by atoms with van der Waals surface area (Å²) in [7, 11) is 0. The van der Waals surface area contributed by atoms with Gasteiger partial charge in [0.1, 0.15) is 5.75 Å². The fourth-order valence-electron chi connectivity index (χ4n) is 6.98. The van der Waals surface area contributed by atoms with Crippen LogP contribution in [0.5, 0.6) is 5.75 Å². The van der Waals surface area contributed by atoms with Gasteiger partial charge in [-0.25, -0.2) is 0 Å². The maximum absolute atomic E-state index is 13.4. The molecule has 0 spiro atoms. The van der Waals surface area contributed by atoms with Crippen molar-refractivity contribution >= 4 is 11.8 Å². The van der Waals surface area contributed by atoms with E-state index in [9.17, 15) is 22.8 Å². The van der Waals surface area contributed by atoms with Crippen LogP contribution >= 0.6 is 0 Å². The number of piperidine rings is 1. The first-order valence-corrected chi connectivity index (χ1v) is 15.2. The summed E-state index contributed by atoms with van der Waals surface area (Å²) in [5, 5.41) is 0. The second kappa shape index (κ2) is 12.6. The molecule has 3 aromatic carbocycles. The number of hydrogen-bond acceptors (Lipinski definition) is 4. The molecule has 2 aliphatic rings.